The van der Waals surface area contributed by atoms with E-state index in [2.05, 4.69) is 0 Å². The number of ether oxygens (including phenoxy) is 1. The molecule has 0 bridgehead atoms. The molecule has 122 valence electrons. The van der Waals surface area contributed by atoms with Gasteiger partial charge in [-0.25, -0.2) is 8.42 Å². The summed E-state index contributed by atoms with van der Waals surface area (Å²) in [7, 11) is -2.32. The molecule has 1 heterocycles. The summed E-state index contributed by atoms with van der Waals surface area (Å²) in [6.07, 6.45) is -0.0544. The lowest BCUT2D eigenvalue weighted by atomic mass is 10.1. The van der Waals surface area contributed by atoms with Crippen molar-refractivity contribution in [3.8, 4) is 0 Å². The number of primary amides is 1. The lowest BCUT2D eigenvalue weighted by molar-refractivity contribution is -0.121. The van der Waals surface area contributed by atoms with Crippen molar-refractivity contribution in [3.63, 3.8) is 0 Å². The van der Waals surface area contributed by atoms with Crippen molar-refractivity contribution in [1.29, 1.82) is 0 Å². The van der Waals surface area contributed by atoms with E-state index in [0.717, 1.165) is 15.1 Å². The Kier molecular flexibility index (Phi) is 4.09. The summed E-state index contributed by atoms with van der Waals surface area (Å²) in [5, 5.41) is 1.78. The number of nitrogens with zero attached hydrogens (tertiary/aromatic N) is 1. The molecule has 0 aromatic heterocycles. The molecule has 2 atom stereocenters. The van der Waals surface area contributed by atoms with E-state index in [0.29, 0.717) is 0 Å². The summed E-state index contributed by atoms with van der Waals surface area (Å²) < 4.78 is 32.2. The fourth-order valence-electron chi connectivity index (χ4n) is 2.93. The lowest BCUT2D eigenvalue weighted by Crippen LogP contribution is -2.43. The third kappa shape index (κ3) is 2.83. The van der Waals surface area contributed by atoms with E-state index in [-0.39, 0.29) is 24.0 Å². The molecule has 7 heteroatoms. The number of fused-ring (bicyclic) bond motifs is 1. The first kappa shape index (κ1) is 15.9. The summed E-state index contributed by atoms with van der Waals surface area (Å²) in [6, 6.07) is 11.5. The highest BCUT2D eigenvalue weighted by atomic mass is 32.2. The number of carbonyl (C=O) groups excluding carboxylic acids is 1. The van der Waals surface area contributed by atoms with Crippen LogP contribution in [0.15, 0.2) is 47.4 Å². The zero-order valence-electron chi connectivity index (χ0n) is 12.7. The van der Waals surface area contributed by atoms with Crippen LogP contribution in [-0.2, 0) is 19.6 Å². The minimum atomic E-state index is -3.81. The molecule has 3 rings (SSSR count). The van der Waals surface area contributed by atoms with Crippen molar-refractivity contribution in [2.45, 2.75) is 23.5 Å². The third-order valence-electron chi connectivity index (χ3n) is 4.21. The van der Waals surface area contributed by atoms with Gasteiger partial charge in [0.25, 0.3) is 0 Å². The molecule has 0 radical (unpaired) electrons. The molecule has 2 aromatic carbocycles. The van der Waals surface area contributed by atoms with Crippen LogP contribution in [0.25, 0.3) is 10.8 Å². The van der Waals surface area contributed by atoms with Crippen LogP contribution in [0.2, 0.25) is 0 Å². The smallest absolute Gasteiger partial charge is 0.243 e. The molecule has 6 nitrogen and oxygen atoms in total. The highest BCUT2D eigenvalue weighted by molar-refractivity contribution is 7.89. The fraction of sp³-hybridized carbons (Fsp3) is 0.312. The second-order valence-corrected chi connectivity index (χ2v) is 7.49. The number of hydrogen-bond donors (Lipinski definition) is 1. The van der Waals surface area contributed by atoms with Crippen molar-refractivity contribution in [2.24, 2.45) is 5.73 Å². The molecule has 1 aliphatic heterocycles. The fourth-order valence-corrected chi connectivity index (χ4v) is 4.60. The highest BCUT2D eigenvalue weighted by Gasteiger charge is 2.43. The largest absolute Gasteiger partial charge is 0.380 e. The molecule has 2 N–H and O–H groups in total. The van der Waals surface area contributed by atoms with Crippen molar-refractivity contribution in [3.05, 3.63) is 42.5 Å². The van der Waals surface area contributed by atoms with Gasteiger partial charge in [-0.3, -0.25) is 4.79 Å². The van der Waals surface area contributed by atoms with Gasteiger partial charge in [-0.1, -0.05) is 30.3 Å². The van der Waals surface area contributed by atoms with Crippen LogP contribution >= 0.6 is 0 Å². The highest BCUT2D eigenvalue weighted by Crippen LogP contribution is 2.29. The Hall–Kier alpha value is -1.96. The minimum absolute atomic E-state index is 0.124. The van der Waals surface area contributed by atoms with Crippen LogP contribution in [0.1, 0.15) is 6.42 Å². The van der Waals surface area contributed by atoms with Gasteiger partial charge in [0.2, 0.25) is 15.9 Å². The van der Waals surface area contributed by atoms with Crippen molar-refractivity contribution in [1.82, 2.24) is 4.31 Å². The van der Waals surface area contributed by atoms with Crippen molar-refractivity contribution < 1.29 is 17.9 Å². The first-order valence-electron chi connectivity index (χ1n) is 7.26. The molecular formula is C16H18N2O4S. The zero-order valence-corrected chi connectivity index (χ0v) is 13.5. The maximum absolute atomic E-state index is 12.9. The SMILES string of the molecule is CO[C@H]1C[C@@H](C(N)=O)N(S(=O)(=O)c2ccc3ccccc3c2)C1. The summed E-state index contributed by atoms with van der Waals surface area (Å²) in [5.41, 5.74) is 5.37. The van der Waals surface area contributed by atoms with Crippen LogP contribution in [0.3, 0.4) is 0 Å². The number of methoxy groups -OCH3 is 1. The third-order valence-corrected chi connectivity index (χ3v) is 6.08. The van der Waals surface area contributed by atoms with Gasteiger partial charge >= 0.3 is 0 Å². The van der Waals surface area contributed by atoms with Gasteiger partial charge in [-0.05, 0) is 22.9 Å². The van der Waals surface area contributed by atoms with Gasteiger partial charge in [0.1, 0.15) is 6.04 Å². The van der Waals surface area contributed by atoms with E-state index in [1.54, 1.807) is 18.2 Å². The molecule has 1 fully saturated rings. The number of carbonyl (C=O) groups is 1. The van der Waals surface area contributed by atoms with Gasteiger partial charge in [-0.2, -0.15) is 4.31 Å². The predicted molar refractivity (Wildman–Crippen MR) is 86.2 cm³/mol. The number of sulfonamides is 1. The van der Waals surface area contributed by atoms with Crippen molar-refractivity contribution >= 4 is 26.7 Å². The maximum Gasteiger partial charge on any atom is 0.243 e. The molecule has 0 unspecified atom stereocenters. The van der Waals surface area contributed by atoms with E-state index in [1.807, 2.05) is 24.3 Å². The Morgan fingerprint density at radius 3 is 2.57 bits per heavy atom. The Morgan fingerprint density at radius 1 is 1.22 bits per heavy atom. The van der Waals surface area contributed by atoms with E-state index >= 15 is 0 Å². The van der Waals surface area contributed by atoms with E-state index in [4.69, 9.17) is 10.5 Å². The molecule has 0 saturated carbocycles. The zero-order chi connectivity index (χ0) is 16.6. The van der Waals surface area contributed by atoms with Crippen molar-refractivity contribution in [2.75, 3.05) is 13.7 Å². The quantitative estimate of drug-likeness (QED) is 0.907. The second kappa shape index (κ2) is 5.92. The summed E-state index contributed by atoms with van der Waals surface area (Å²) in [5.74, 6) is -0.658. The normalized spacial score (nSPS) is 22.5. The second-order valence-electron chi connectivity index (χ2n) is 5.60. The Balaban J connectivity index is 2.03. The lowest BCUT2D eigenvalue weighted by Gasteiger charge is -2.21. The number of hydrogen-bond acceptors (Lipinski definition) is 4. The molecule has 0 aliphatic carbocycles. The number of benzene rings is 2. The van der Waals surface area contributed by atoms with Crippen LogP contribution in [0, 0.1) is 0 Å². The summed E-state index contributed by atoms with van der Waals surface area (Å²) in [6.45, 7) is 0.124. The van der Waals surface area contributed by atoms with Crippen LogP contribution in [0.4, 0.5) is 0 Å². The Bertz CT molecular complexity index is 850. The van der Waals surface area contributed by atoms with Gasteiger partial charge in [0.05, 0.1) is 11.0 Å². The first-order valence-corrected chi connectivity index (χ1v) is 8.70. The molecular weight excluding hydrogens is 316 g/mol. The van der Waals surface area contributed by atoms with E-state index in [1.165, 1.54) is 7.11 Å². The number of nitrogens with two attached hydrogens (primary N) is 1. The Morgan fingerprint density at radius 2 is 1.91 bits per heavy atom. The average molecular weight is 334 g/mol. The first-order chi connectivity index (χ1) is 10.9. The monoisotopic (exact) mass is 334 g/mol. The van der Waals surface area contributed by atoms with Crippen LogP contribution in [0.5, 0.6) is 0 Å². The molecule has 0 spiro atoms. The summed E-state index contributed by atoms with van der Waals surface area (Å²) >= 11 is 0. The molecule has 1 aliphatic rings. The Labute approximate surface area is 134 Å². The van der Waals surface area contributed by atoms with Gasteiger partial charge < -0.3 is 10.5 Å². The molecule has 1 amide bonds. The summed E-state index contributed by atoms with van der Waals surface area (Å²) in [4.78, 5) is 11.8. The minimum Gasteiger partial charge on any atom is -0.380 e. The van der Waals surface area contributed by atoms with E-state index in [9.17, 15) is 13.2 Å². The maximum atomic E-state index is 12.9. The molecule has 2 aromatic rings. The molecule has 1 saturated heterocycles. The predicted octanol–water partition coefficient (Wildman–Crippen LogP) is 1.10. The van der Waals surface area contributed by atoms with Crippen LogP contribution < -0.4 is 5.73 Å². The van der Waals surface area contributed by atoms with Gasteiger partial charge in [0.15, 0.2) is 0 Å². The topological polar surface area (TPSA) is 89.7 Å². The number of amides is 1. The number of rotatable bonds is 4. The van der Waals surface area contributed by atoms with Crippen LogP contribution in [-0.4, -0.2) is 44.4 Å². The van der Waals surface area contributed by atoms with Gasteiger partial charge in [0, 0.05) is 20.1 Å². The van der Waals surface area contributed by atoms with Gasteiger partial charge in [-0.15, -0.1) is 0 Å². The molecule has 23 heavy (non-hydrogen) atoms. The van der Waals surface area contributed by atoms with E-state index < -0.39 is 22.0 Å². The standard InChI is InChI=1S/C16H18N2O4S/c1-22-13-9-15(16(17)19)18(10-13)23(20,21)14-7-6-11-4-2-3-5-12(11)8-14/h2-8,13,15H,9-10H2,1H3,(H2,17,19)/t13-,15-/m0/s1. The average Bonchev–Trinajstić information content (AvgIpc) is 3.00.